The van der Waals surface area contributed by atoms with Crippen LogP contribution in [0.3, 0.4) is 0 Å². The van der Waals surface area contributed by atoms with Crippen LogP contribution in [0.2, 0.25) is 0 Å². The van der Waals surface area contributed by atoms with E-state index in [0.29, 0.717) is 0 Å². The van der Waals surface area contributed by atoms with Gasteiger partial charge >= 0.3 is 0 Å². The van der Waals surface area contributed by atoms with Crippen molar-refractivity contribution < 1.29 is 0 Å². The molecule has 0 aliphatic heterocycles. The lowest BCUT2D eigenvalue weighted by molar-refractivity contribution is 0.569. The molecular formula is C28H53N3. The van der Waals surface area contributed by atoms with Crippen LogP contribution in [0.4, 0.5) is 0 Å². The van der Waals surface area contributed by atoms with Crippen molar-refractivity contribution in [2.75, 3.05) is 26.2 Å². The number of hydrogen-bond donors (Lipinski definition) is 3. The molecule has 3 nitrogen and oxygen atoms in total. The largest absolute Gasteiger partial charge is 0.389 e. The minimum absolute atomic E-state index is 1.12. The molecule has 0 bridgehead atoms. The molecule has 0 spiro atoms. The third-order valence-electron chi connectivity index (χ3n) is 6.85. The van der Waals surface area contributed by atoms with Gasteiger partial charge in [0.15, 0.2) is 0 Å². The highest BCUT2D eigenvalue weighted by Crippen LogP contribution is 2.16. The summed E-state index contributed by atoms with van der Waals surface area (Å²) in [5, 5.41) is 11.1. The Morgan fingerprint density at radius 2 is 0.839 bits per heavy atom. The first-order chi connectivity index (χ1) is 15.4. The van der Waals surface area contributed by atoms with Gasteiger partial charge in [0.25, 0.3) is 0 Å². The van der Waals surface area contributed by atoms with Crippen molar-refractivity contribution in [3.8, 4) is 0 Å². The Hall–Kier alpha value is -0.960. The quantitative estimate of drug-likeness (QED) is 0.316. The molecule has 2 aliphatic carbocycles. The molecule has 0 saturated heterocycles. The Morgan fingerprint density at radius 1 is 0.452 bits per heavy atom. The second-order valence-electron chi connectivity index (χ2n) is 9.80. The lowest BCUT2D eigenvalue weighted by Crippen LogP contribution is -2.25. The van der Waals surface area contributed by atoms with Gasteiger partial charge in [0, 0.05) is 24.5 Å². The normalized spacial score (nSPS) is 20.5. The molecule has 0 aromatic rings. The van der Waals surface area contributed by atoms with Crippen molar-refractivity contribution in [3.63, 3.8) is 0 Å². The van der Waals surface area contributed by atoms with Gasteiger partial charge in [-0.3, -0.25) is 0 Å². The van der Waals surface area contributed by atoms with Gasteiger partial charge < -0.3 is 16.0 Å². The molecule has 0 unspecified atom stereocenters. The maximum Gasteiger partial charge on any atom is 0.0155 e. The average Bonchev–Trinajstić information content (AvgIpc) is 2.88. The van der Waals surface area contributed by atoms with E-state index in [9.17, 15) is 0 Å². The molecule has 0 amide bonds. The van der Waals surface area contributed by atoms with E-state index in [1.54, 1.807) is 0 Å². The summed E-state index contributed by atoms with van der Waals surface area (Å²) in [6.45, 7) is 4.49. The summed E-state index contributed by atoms with van der Waals surface area (Å²) in [5.74, 6) is 0. The summed E-state index contributed by atoms with van der Waals surface area (Å²) in [4.78, 5) is 0. The maximum atomic E-state index is 3.73. The minimum Gasteiger partial charge on any atom is -0.389 e. The summed E-state index contributed by atoms with van der Waals surface area (Å²) < 4.78 is 0. The Balaban J connectivity index is 1.46. The molecule has 180 valence electrons. The summed E-state index contributed by atoms with van der Waals surface area (Å²) in [6.07, 6.45) is 32.2. The summed E-state index contributed by atoms with van der Waals surface area (Å²) in [7, 11) is 0. The molecule has 0 heterocycles. The van der Waals surface area contributed by atoms with Crippen LogP contribution in [0.15, 0.2) is 23.5 Å². The smallest absolute Gasteiger partial charge is 0.0155 e. The van der Waals surface area contributed by atoms with Crippen molar-refractivity contribution in [1.29, 1.82) is 0 Å². The SMILES string of the molecule is C1=C(NCCCNCCCNC2=CCCCCCCCCC2)CCCCCCCCC1. The van der Waals surface area contributed by atoms with Crippen LogP contribution in [0.5, 0.6) is 0 Å². The zero-order valence-electron chi connectivity index (χ0n) is 20.6. The van der Waals surface area contributed by atoms with Crippen molar-refractivity contribution in [1.82, 2.24) is 16.0 Å². The molecule has 0 fully saturated rings. The predicted molar refractivity (Wildman–Crippen MR) is 137 cm³/mol. The third-order valence-corrected chi connectivity index (χ3v) is 6.85. The standard InChI is InChI=1S/C28H53N3/c1-2-6-10-14-20-27(19-13-9-5-1)30-25-17-23-29-24-18-26-31-28-21-15-11-7-3-4-8-12-16-22-28/h19,21,29-31H,1-18,20,22-26H2. The van der Waals surface area contributed by atoms with Crippen LogP contribution in [-0.2, 0) is 0 Å². The first kappa shape index (κ1) is 26.3. The minimum atomic E-state index is 1.12. The molecule has 2 rings (SSSR count). The van der Waals surface area contributed by atoms with Gasteiger partial charge in [-0.1, -0.05) is 76.4 Å². The lowest BCUT2D eigenvalue weighted by Gasteiger charge is -2.13. The topological polar surface area (TPSA) is 36.1 Å². The molecule has 3 N–H and O–H groups in total. The predicted octanol–water partition coefficient (Wildman–Crippen LogP) is 7.35. The van der Waals surface area contributed by atoms with Gasteiger partial charge in [0.1, 0.15) is 0 Å². The molecule has 0 aromatic carbocycles. The number of hydrogen-bond acceptors (Lipinski definition) is 3. The molecule has 3 heteroatoms. The Morgan fingerprint density at radius 3 is 1.29 bits per heavy atom. The van der Waals surface area contributed by atoms with Crippen molar-refractivity contribution in [3.05, 3.63) is 23.5 Å². The van der Waals surface area contributed by atoms with Gasteiger partial charge in [-0.05, 0) is 77.3 Å². The molecule has 0 aromatic heterocycles. The highest BCUT2D eigenvalue weighted by Gasteiger charge is 2.02. The van der Waals surface area contributed by atoms with Crippen LogP contribution in [0.1, 0.15) is 128 Å². The molecule has 0 atom stereocenters. The fourth-order valence-electron chi connectivity index (χ4n) is 4.81. The van der Waals surface area contributed by atoms with Gasteiger partial charge in [0.2, 0.25) is 0 Å². The fraction of sp³-hybridized carbons (Fsp3) is 0.857. The zero-order chi connectivity index (χ0) is 21.7. The average molecular weight is 432 g/mol. The third kappa shape index (κ3) is 15.5. The highest BCUT2D eigenvalue weighted by atomic mass is 14.9. The lowest BCUT2D eigenvalue weighted by atomic mass is 10.1. The molecule has 0 radical (unpaired) electrons. The first-order valence-corrected chi connectivity index (χ1v) is 14.0. The van der Waals surface area contributed by atoms with Crippen LogP contribution >= 0.6 is 0 Å². The summed E-state index contributed by atoms with van der Waals surface area (Å²) in [6, 6.07) is 0. The highest BCUT2D eigenvalue weighted by molar-refractivity contribution is 5.00. The van der Waals surface area contributed by atoms with Gasteiger partial charge in [-0.15, -0.1) is 0 Å². The second-order valence-corrected chi connectivity index (χ2v) is 9.80. The van der Waals surface area contributed by atoms with Gasteiger partial charge in [-0.2, -0.15) is 0 Å². The summed E-state index contributed by atoms with van der Waals surface area (Å²) >= 11 is 0. The van der Waals surface area contributed by atoms with E-state index in [1.807, 2.05) is 0 Å². The Kier molecular flexibility index (Phi) is 16.7. The van der Waals surface area contributed by atoms with Crippen molar-refractivity contribution >= 4 is 0 Å². The fourth-order valence-corrected chi connectivity index (χ4v) is 4.81. The van der Waals surface area contributed by atoms with E-state index in [1.165, 1.54) is 140 Å². The number of allylic oxidation sites excluding steroid dienone is 4. The van der Waals surface area contributed by atoms with Gasteiger partial charge in [0.05, 0.1) is 0 Å². The molecule has 31 heavy (non-hydrogen) atoms. The van der Waals surface area contributed by atoms with Crippen molar-refractivity contribution in [2.45, 2.75) is 128 Å². The van der Waals surface area contributed by atoms with Crippen molar-refractivity contribution in [2.24, 2.45) is 0 Å². The van der Waals surface area contributed by atoms with E-state index in [2.05, 4.69) is 28.1 Å². The number of rotatable bonds is 10. The molecule has 0 saturated carbocycles. The number of nitrogens with one attached hydrogen (secondary N) is 3. The Labute approximate surface area is 194 Å². The second kappa shape index (κ2) is 19.7. The summed E-state index contributed by atoms with van der Waals surface area (Å²) in [5.41, 5.74) is 3.03. The molecular weight excluding hydrogens is 378 g/mol. The van der Waals surface area contributed by atoms with Crippen LogP contribution < -0.4 is 16.0 Å². The zero-order valence-corrected chi connectivity index (χ0v) is 20.6. The Bertz CT molecular complexity index is 427. The maximum absolute atomic E-state index is 3.73. The van der Waals surface area contributed by atoms with Crippen LogP contribution in [0, 0.1) is 0 Å². The van der Waals surface area contributed by atoms with E-state index in [0.717, 1.165) is 26.2 Å². The van der Waals surface area contributed by atoms with E-state index < -0.39 is 0 Å². The monoisotopic (exact) mass is 431 g/mol. The van der Waals surface area contributed by atoms with E-state index in [4.69, 9.17) is 0 Å². The van der Waals surface area contributed by atoms with Crippen LogP contribution in [-0.4, -0.2) is 26.2 Å². The van der Waals surface area contributed by atoms with Crippen LogP contribution in [0.25, 0.3) is 0 Å². The van der Waals surface area contributed by atoms with E-state index >= 15 is 0 Å². The molecule has 2 aliphatic rings. The van der Waals surface area contributed by atoms with Gasteiger partial charge in [-0.25, -0.2) is 0 Å². The first-order valence-electron chi connectivity index (χ1n) is 14.0. The van der Waals surface area contributed by atoms with E-state index in [-0.39, 0.29) is 0 Å².